The van der Waals surface area contributed by atoms with Crippen molar-refractivity contribution in [2.75, 3.05) is 13.6 Å². The lowest BCUT2D eigenvalue weighted by atomic mass is 9.85. The second kappa shape index (κ2) is 5.96. The molecule has 2 aromatic carbocycles. The zero-order valence-corrected chi connectivity index (χ0v) is 16.4. The summed E-state index contributed by atoms with van der Waals surface area (Å²) in [6.07, 6.45) is 3.98. The number of carbonyl (C=O) groups is 2. The molecule has 5 heteroatoms. The third-order valence-corrected chi connectivity index (χ3v) is 6.89. The lowest BCUT2D eigenvalue weighted by Gasteiger charge is -2.46. The molecular weight excluding hydrogens is 362 g/mol. The van der Waals surface area contributed by atoms with Crippen molar-refractivity contribution in [3.8, 4) is 0 Å². The quantitative estimate of drug-likeness (QED) is 0.700. The summed E-state index contributed by atoms with van der Waals surface area (Å²) in [5, 5.41) is 1.15. The summed E-state index contributed by atoms with van der Waals surface area (Å²) in [7, 11) is 1.73. The summed E-state index contributed by atoms with van der Waals surface area (Å²) in [5.74, 6) is 0.0543. The van der Waals surface area contributed by atoms with Crippen LogP contribution < -0.4 is 0 Å². The summed E-state index contributed by atoms with van der Waals surface area (Å²) in [6.45, 7) is 0.145. The molecule has 1 aromatic heterocycles. The molecule has 6 rings (SSSR count). The maximum absolute atomic E-state index is 13.1. The van der Waals surface area contributed by atoms with E-state index in [0.29, 0.717) is 6.42 Å². The third-order valence-electron chi connectivity index (χ3n) is 6.89. The monoisotopic (exact) mass is 385 g/mol. The number of aromatic amines is 1. The highest BCUT2D eigenvalue weighted by Crippen LogP contribution is 2.43. The maximum Gasteiger partial charge on any atom is 0.245 e. The number of aryl methyl sites for hydroxylation is 2. The van der Waals surface area contributed by atoms with Gasteiger partial charge in [0, 0.05) is 30.1 Å². The molecule has 1 fully saturated rings. The Hall–Kier alpha value is -3.08. The van der Waals surface area contributed by atoms with E-state index >= 15 is 0 Å². The van der Waals surface area contributed by atoms with E-state index in [1.54, 1.807) is 11.9 Å². The number of rotatable bonds is 1. The average Bonchev–Trinajstić information content (AvgIpc) is 3.34. The van der Waals surface area contributed by atoms with Gasteiger partial charge in [-0.1, -0.05) is 36.4 Å². The first-order valence-corrected chi connectivity index (χ1v) is 10.4. The molecule has 5 nitrogen and oxygen atoms in total. The zero-order valence-electron chi connectivity index (χ0n) is 16.4. The molecule has 1 saturated heterocycles. The fraction of sp³-hybridized carbons (Fsp3) is 0.333. The highest BCUT2D eigenvalue weighted by atomic mass is 16.2. The van der Waals surface area contributed by atoms with Gasteiger partial charge in [-0.15, -0.1) is 0 Å². The van der Waals surface area contributed by atoms with Crippen molar-refractivity contribution in [3.05, 3.63) is 70.4 Å². The van der Waals surface area contributed by atoms with Gasteiger partial charge in [0.1, 0.15) is 6.04 Å². The molecule has 3 heterocycles. The van der Waals surface area contributed by atoms with Crippen molar-refractivity contribution in [2.24, 2.45) is 0 Å². The predicted octanol–water partition coefficient (Wildman–Crippen LogP) is 2.97. The fourth-order valence-electron chi connectivity index (χ4n) is 5.51. The molecule has 2 amide bonds. The molecule has 2 atom stereocenters. The Morgan fingerprint density at radius 3 is 2.76 bits per heavy atom. The van der Waals surface area contributed by atoms with Crippen molar-refractivity contribution >= 4 is 22.7 Å². The number of H-pyrrole nitrogens is 1. The summed E-state index contributed by atoms with van der Waals surface area (Å²) < 4.78 is 0. The Labute approximate surface area is 169 Å². The minimum atomic E-state index is -0.439. The van der Waals surface area contributed by atoms with E-state index in [-0.39, 0.29) is 24.4 Å². The van der Waals surface area contributed by atoms with Crippen LogP contribution in [0.25, 0.3) is 10.9 Å². The van der Waals surface area contributed by atoms with Gasteiger partial charge in [-0.3, -0.25) is 9.59 Å². The van der Waals surface area contributed by atoms with Gasteiger partial charge in [0.15, 0.2) is 0 Å². The van der Waals surface area contributed by atoms with Gasteiger partial charge in [-0.05, 0) is 47.6 Å². The SMILES string of the molecule is CN1CC(=O)N2C(Cc3c([nH]c4ccccc34)[C@@H]2c2ccc3c(c2)CCC3)C1=O. The van der Waals surface area contributed by atoms with Gasteiger partial charge >= 0.3 is 0 Å². The first kappa shape index (κ1) is 16.8. The van der Waals surface area contributed by atoms with Crippen LogP contribution >= 0.6 is 0 Å². The Balaban J connectivity index is 1.59. The van der Waals surface area contributed by atoms with Gasteiger partial charge in [-0.2, -0.15) is 0 Å². The normalized spacial score (nSPS) is 23.3. The number of para-hydroxylation sites is 1. The van der Waals surface area contributed by atoms with Gasteiger partial charge in [-0.25, -0.2) is 0 Å². The van der Waals surface area contributed by atoms with Crippen LogP contribution in [0.2, 0.25) is 0 Å². The molecule has 1 unspecified atom stereocenters. The summed E-state index contributed by atoms with van der Waals surface area (Å²) >= 11 is 0. The average molecular weight is 385 g/mol. The Kier molecular flexibility index (Phi) is 3.46. The molecule has 1 aliphatic carbocycles. The van der Waals surface area contributed by atoms with E-state index in [2.05, 4.69) is 35.3 Å². The predicted molar refractivity (Wildman–Crippen MR) is 111 cm³/mol. The molecular formula is C24H23N3O2. The number of carbonyl (C=O) groups excluding carboxylic acids is 2. The number of amides is 2. The molecule has 29 heavy (non-hydrogen) atoms. The topological polar surface area (TPSA) is 56.4 Å². The van der Waals surface area contributed by atoms with E-state index in [0.717, 1.165) is 35.0 Å². The van der Waals surface area contributed by atoms with Crippen molar-refractivity contribution in [3.63, 3.8) is 0 Å². The molecule has 0 saturated carbocycles. The number of hydrogen-bond acceptors (Lipinski definition) is 2. The van der Waals surface area contributed by atoms with Crippen LogP contribution in [0.1, 0.15) is 40.4 Å². The molecule has 0 spiro atoms. The first-order valence-electron chi connectivity index (χ1n) is 10.4. The van der Waals surface area contributed by atoms with E-state index in [1.165, 1.54) is 23.1 Å². The lowest BCUT2D eigenvalue weighted by Crippen LogP contribution is -2.62. The molecule has 3 aromatic rings. The second-order valence-corrected chi connectivity index (χ2v) is 8.56. The van der Waals surface area contributed by atoms with Crippen LogP contribution in [0.3, 0.4) is 0 Å². The van der Waals surface area contributed by atoms with Crippen molar-refractivity contribution in [1.82, 2.24) is 14.8 Å². The first-order chi connectivity index (χ1) is 14.1. The van der Waals surface area contributed by atoms with E-state index < -0.39 is 6.04 Å². The second-order valence-electron chi connectivity index (χ2n) is 8.56. The summed E-state index contributed by atoms with van der Waals surface area (Å²) in [6, 6.07) is 14.2. The van der Waals surface area contributed by atoms with E-state index in [4.69, 9.17) is 0 Å². The molecule has 1 N–H and O–H groups in total. The summed E-state index contributed by atoms with van der Waals surface area (Å²) in [4.78, 5) is 33.2. The number of nitrogens with one attached hydrogen (secondary N) is 1. The van der Waals surface area contributed by atoms with Crippen molar-refractivity contribution in [2.45, 2.75) is 37.8 Å². The highest BCUT2D eigenvalue weighted by molar-refractivity contribution is 5.97. The smallest absolute Gasteiger partial charge is 0.245 e. The molecule has 0 bridgehead atoms. The molecule has 3 aliphatic rings. The highest BCUT2D eigenvalue weighted by Gasteiger charge is 2.47. The number of fused-ring (bicyclic) bond motifs is 5. The number of aromatic nitrogens is 1. The van der Waals surface area contributed by atoms with Gasteiger partial charge in [0.05, 0.1) is 12.6 Å². The van der Waals surface area contributed by atoms with Crippen LogP contribution in [-0.4, -0.2) is 46.2 Å². The van der Waals surface area contributed by atoms with Crippen LogP contribution in [0.5, 0.6) is 0 Å². The number of likely N-dealkylation sites (N-methyl/N-ethyl adjacent to an activating group) is 1. The Morgan fingerprint density at radius 2 is 1.86 bits per heavy atom. The Morgan fingerprint density at radius 1 is 1.03 bits per heavy atom. The summed E-state index contributed by atoms with van der Waals surface area (Å²) in [5.41, 5.74) is 7.20. The molecule has 146 valence electrons. The number of nitrogens with zero attached hydrogens (tertiary/aromatic N) is 2. The van der Waals surface area contributed by atoms with E-state index in [1.807, 2.05) is 17.0 Å². The fourth-order valence-corrected chi connectivity index (χ4v) is 5.51. The standard InChI is InChI=1S/C24H23N3O2/c1-26-13-21(28)27-20(24(26)29)12-18-17-7-2-3-8-19(17)25-22(18)23(27)16-10-9-14-5-4-6-15(14)11-16/h2-3,7-11,20,23,25H,4-6,12-13H2,1H3/t20?,23-/m0/s1. The van der Waals surface area contributed by atoms with Gasteiger partial charge < -0.3 is 14.8 Å². The number of piperazine rings is 1. The largest absolute Gasteiger partial charge is 0.356 e. The zero-order chi connectivity index (χ0) is 19.7. The van der Waals surface area contributed by atoms with Crippen LogP contribution in [0.15, 0.2) is 42.5 Å². The lowest BCUT2D eigenvalue weighted by molar-refractivity contribution is -0.157. The van der Waals surface area contributed by atoms with Crippen molar-refractivity contribution in [1.29, 1.82) is 0 Å². The number of benzene rings is 2. The van der Waals surface area contributed by atoms with Gasteiger partial charge in [0.2, 0.25) is 11.8 Å². The van der Waals surface area contributed by atoms with Crippen LogP contribution in [0.4, 0.5) is 0 Å². The van der Waals surface area contributed by atoms with E-state index in [9.17, 15) is 9.59 Å². The minimum Gasteiger partial charge on any atom is -0.356 e. The van der Waals surface area contributed by atoms with Crippen LogP contribution in [-0.2, 0) is 28.9 Å². The number of hydrogen-bond donors (Lipinski definition) is 1. The minimum absolute atomic E-state index is 0.0203. The molecule has 2 aliphatic heterocycles. The maximum atomic E-state index is 13.1. The van der Waals surface area contributed by atoms with Crippen molar-refractivity contribution < 1.29 is 9.59 Å². The van der Waals surface area contributed by atoms with Gasteiger partial charge in [0.25, 0.3) is 0 Å². The van der Waals surface area contributed by atoms with Crippen LogP contribution in [0, 0.1) is 0 Å². The Bertz CT molecular complexity index is 1180. The molecule has 0 radical (unpaired) electrons. The third kappa shape index (κ3) is 2.33.